The Balaban J connectivity index is 1.70. The summed E-state index contributed by atoms with van der Waals surface area (Å²) in [6, 6.07) is 9.29. The quantitative estimate of drug-likeness (QED) is 0.835. The Morgan fingerprint density at radius 2 is 1.95 bits per heavy atom. The lowest BCUT2D eigenvalue weighted by Crippen LogP contribution is -2.44. The Morgan fingerprint density at radius 3 is 2.53 bits per heavy atom. The summed E-state index contributed by atoms with van der Waals surface area (Å²) in [7, 11) is 3.44. The first-order chi connectivity index (χ1) is 9.22. The minimum atomic E-state index is 0.150. The molecule has 1 saturated carbocycles. The van der Waals surface area contributed by atoms with Crippen LogP contribution in [0.5, 0.6) is 0 Å². The van der Waals surface area contributed by atoms with Crippen LogP contribution in [0.4, 0.5) is 0 Å². The van der Waals surface area contributed by atoms with Gasteiger partial charge in [-0.25, -0.2) is 0 Å². The van der Waals surface area contributed by atoms with E-state index in [4.69, 9.17) is 9.47 Å². The van der Waals surface area contributed by atoms with E-state index in [0.29, 0.717) is 18.6 Å². The predicted molar refractivity (Wildman–Crippen MR) is 80.6 cm³/mol. The number of rotatable bonds is 7. The summed E-state index contributed by atoms with van der Waals surface area (Å²) in [4.78, 5) is 0. The van der Waals surface area contributed by atoms with E-state index < -0.39 is 0 Å². The molecule has 3 nitrogen and oxygen atoms in total. The smallest absolute Gasteiger partial charge is 0.0928 e. The van der Waals surface area contributed by atoms with E-state index >= 15 is 0 Å². The van der Waals surface area contributed by atoms with Gasteiger partial charge in [0, 0.05) is 31.3 Å². The van der Waals surface area contributed by atoms with Gasteiger partial charge >= 0.3 is 0 Å². The minimum Gasteiger partial charge on any atom is -0.382 e. The van der Waals surface area contributed by atoms with Crippen molar-refractivity contribution in [1.29, 1.82) is 0 Å². The molecule has 1 aromatic carbocycles. The maximum absolute atomic E-state index is 5.34. The van der Waals surface area contributed by atoms with Crippen LogP contribution in [-0.2, 0) is 9.47 Å². The number of ether oxygens (including phenoxy) is 2. The third kappa shape index (κ3) is 4.28. The molecule has 0 aromatic heterocycles. The normalized spacial score (nSPS) is 23.9. The molecule has 0 heterocycles. The Hall–Kier alpha value is -0.420. The number of halogens is 1. The zero-order valence-electron chi connectivity index (χ0n) is 11.6. The van der Waals surface area contributed by atoms with Crippen LogP contribution in [0.15, 0.2) is 28.7 Å². The molecule has 106 valence electrons. The maximum Gasteiger partial charge on any atom is 0.0928 e. The van der Waals surface area contributed by atoms with E-state index in [1.807, 2.05) is 0 Å². The Bertz CT molecular complexity index is 376. The van der Waals surface area contributed by atoms with Crippen molar-refractivity contribution in [3.63, 3.8) is 0 Å². The molecule has 1 fully saturated rings. The molecule has 0 spiro atoms. The maximum atomic E-state index is 5.34. The summed E-state index contributed by atoms with van der Waals surface area (Å²) in [6.07, 6.45) is 2.58. The fourth-order valence-corrected chi connectivity index (χ4v) is 2.75. The van der Waals surface area contributed by atoms with Crippen molar-refractivity contribution in [3.05, 3.63) is 34.3 Å². The van der Waals surface area contributed by atoms with Gasteiger partial charge in [-0.3, -0.25) is 0 Å². The van der Waals surface area contributed by atoms with Crippen LogP contribution in [0.1, 0.15) is 24.3 Å². The second-order valence-corrected chi connectivity index (χ2v) is 6.05. The van der Waals surface area contributed by atoms with Crippen LogP contribution in [0.3, 0.4) is 0 Å². The van der Waals surface area contributed by atoms with Crippen molar-refractivity contribution in [2.24, 2.45) is 0 Å². The lowest BCUT2D eigenvalue weighted by molar-refractivity contribution is 0.0251. The standard InChI is InChI=1S/C15H22BrNO2/c1-18-10-15(19-2)9-17-14-7-12(8-14)11-3-5-13(16)6-4-11/h3-6,12,14-15,17H,7-10H2,1-2H3. The lowest BCUT2D eigenvalue weighted by atomic mass is 9.76. The fourth-order valence-electron chi connectivity index (χ4n) is 2.49. The van der Waals surface area contributed by atoms with Gasteiger partial charge < -0.3 is 14.8 Å². The summed E-state index contributed by atoms with van der Waals surface area (Å²) < 4.78 is 11.6. The average Bonchev–Trinajstić information content (AvgIpc) is 2.37. The van der Waals surface area contributed by atoms with Gasteiger partial charge in [0.25, 0.3) is 0 Å². The van der Waals surface area contributed by atoms with Crippen LogP contribution >= 0.6 is 15.9 Å². The number of hydrogen-bond acceptors (Lipinski definition) is 3. The summed E-state index contributed by atoms with van der Waals surface area (Å²) in [6.45, 7) is 1.51. The second kappa shape index (κ2) is 7.39. The van der Waals surface area contributed by atoms with E-state index in [9.17, 15) is 0 Å². The van der Waals surface area contributed by atoms with Crippen molar-refractivity contribution in [3.8, 4) is 0 Å². The highest BCUT2D eigenvalue weighted by atomic mass is 79.9. The van der Waals surface area contributed by atoms with Gasteiger partial charge in [-0.15, -0.1) is 0 Å². The molecule has 0 amide bonds. The van der Waals surface area contributed by atoms with Crippen molar-refractivity contribution >= 4 is 15.9 Å². The van der Waals surface area contributed by atoms with E-state index in [-0.39, 0.29) is 6.10 Å². The molecule has 1 aliphatic rings. The monoisotopic (exact) mass is 327 g/mol. The Morgan fingerprint density at radius 1 is 1.26 bits per heavy atom. The molecular formula is C15H22BrNO2. The molecule has 4 heteroatoms. The van der Waals surface area contributed by atoms with E-state index in [1.165, 1.54) is 18.4 Å². The summed E-state index contributed by atoms with van der Waals surface area (Å²) in [5.74, 6) is 0.703. The summed E-state index contributed by atoms with van der Waals surface area (Å²) >= 11 is 3.47. The predicted octanol–water partition coefficient (Wildman–Crippen LogP) is 2.95. The van der Waals surface area contributed by atoms with Crippen LogP contribution in [0.25, 0.3) is 0 Å². The third-order valence-corrected chi connectivity index (χ3v) is 4.33. The van der Waals surface area contributed by atoms with Gasteiger partial charge in [0.15, 0.2) is 0 Å². The Kier molecular flexibility index (Phi) is 5.82. The summed E-state index contributed by atoms with van der Waals surface area (Å²) in [5, 5.41) is 3.55. The molecule has 2 rings (SSSR count). The average molecular weight is 328 g/mol. The topological polar surface area (TPSA) is 30.5 Å². The number of nitrogens with one attached hydrogen (secondary N) is 1. The molecule has 1 aliphatic carbocycles. The van der Waals surface area contributed by atoms with Crippen LogP contribution < -0.4 is 5.32 Å². The van der Waals surface area contributed by atoms with Crippen molar-refractivity contribution in [1.82, 2.24) is 5.32 Å². The van der Waals surface area contributed by atoms with Crippen molar-refractivity contribution in [2.75, 3.05) is 27.4 Å². The molecule has 1 aromatic rings. The lowest BCUT2D eigenvalue weighted by Gasteiger charge is -2.37. The van der Waals surface area contributed by atoms with Gasteiger partial charge in [-0.2, -0.15) is 0 Å². The molecule has 0 radical (unpaired) electrons. The van der Waals surface area contributed by atoms with Gasteiger partial charge in [0.05, 0.1) is 12.7 Å². The molecular weight excluding hydrogens is 306 g/mol. The number of hydrogen-bond donors (Lipinski definition) is 1. The first kappa shape index (κ1) is 15.0. The first-order valence-corrected chi connectivity index (χ1v) is 7.52. The zero-order valence-corrected chi connectivity index (χ0v) is 13.2. The van der Waals surface area contributed by atoms with Crippen molar-refractivity contribution < 1.29 is 9.47 Å². The zero-order chi connectivity index (χ0) is 13.7. The number of benzene rings is 1. The van der Waals surface area contributed by atoms with Gasteiger partial charge in [-0.05, 0) is 36.5 Å². The number of methoxy groups -OCH3 is 2. The van der Waals surface area contributed by atoms with Gasteiger partial charge in [0.1, 0.15) is 0 Å². The van der Waals surface area contributed by atoms with Gasteiger partial charge in [-0.1, -0.05) is 28.1 Å². The summed E-state index contributed by atoms with van der Waals surface area (Å²) in [5.41, 5.74) is 1.45. The van der Waals surface area contributed by atoms with Crippen molar-refractivity contribution in [2.45, 2.75) is 30.9 Å². The third-order valence-electron chi connectivity index (χ3n) is 3.80. The van der Waals surface area contributed by atoms with Crippen LogP contribution in [0, 0.1) is 0 Å². The van der Waals surface area contributed by atoms with E-state index in [1.54, 1.807) is 14.2 Å². The SMILES string of the molecule is COCC(CNC1CC(c2ccc(Br)cc2)C1)OC. The van der Waals surface area contributed by atoms with Crippen LogP contribution in [0.2, 0.25) is 0 Å². The highest BCUT2D eigenvalue weighted by Gasteiger charge is 2.30. The molecule has 0 bridgehead atoms. The molecule has 1 N–H and O–H groups in total. The molecule has 1 atom stereocenters. The highest BCUT2D eigenvalue weighted by Crippen LogP contribution is 2.37. The fraction of sp³-hybridized carbons (Fsp3) is 0.600. The van der Waals surface area contributed by atoms with Crippen LogP contribution in [-0.4, -0.2) is 39.5 Å². The Labute approximate surface area is 123 Å². The van der Waals surface area contributed by atoms with E-state index in [2.05, 4.69) is 45.5 Å². The van der Waals surface area contributed by atoms with Gasteiger partial charge in [0.2, 0.25) is 0 Å². The molecule has 0 saturated heterocycles. The molecule has 1 unspecified atom stereocenters. The molecule has 0 aliphatic heterocycles. The largest absolute Gasteiger partial charge is 0.382 e. The minimum absolute atomic E-state index is 0.150. The highest BCUT2D eigenvalue weighted by molar-refractivity contribution is 9.10. The van der Waals surface area contributed by atoms with E-state index in [0.717, 1.165) is 11.0 Å². The molecule has 19 heavy (non-hydrogen) atoms. The first-order valence-electron chi connectivity index (χ1n) is 6.73. The second-order valence-electron chi connectivity index (χ2n) is 5.14.